The Labute approximate surface area is 95.4 Å². The summed E-state index contributed by atoms with van der Waals surface area (Å²) in [6.45, 7) is 0. The molecule has 1 nitrogen and oxygen atoms in total. The topological polar surface area (TPSA) is 15.8 Å². The highest BCUT2D eigenvalue weighted by Crippen LogP contribution is 2.33. The maximum Gasteiger partial charge on any atom is 0.0603 e. The molecular formula is C11H10BrNS. The fraction of sp³-hybridized carbons (Fsp3) is 0.273. The van der Waals surface area contributed by atoms with Gasteiger partial charge in [0.05, 0.1) is 5.52 Å². The van der Waals surface area contributed by atoms with Crippen LogP contribution >= 0.6 is 27.7 Å². The van der Waals surface area contributed by atoms with Crippen molar-refractivity contribution in [2.45, 2.75) is 12.2 Å². The molecule has 14 heavy (non-hydrogen) atoms. The Morgan fingerprint density at radius 3 is 3.21 bits per heavy atom. The molecule has 2 aromatic rings. The van der Waals surface area contributed by atoms with Crippen LogP contribution in [0.25, 0.3) is 10.9 Å². The van der Waals surface area contributed by atoms with Crippen LogP contribution in [-0.4, -0.2) is 10.7 Å². The number of hydrogen-bond acceptors (Lipinski definition) is 1. The number of aryl methyl sites for hydroxylation is 1. The molecule has 3 heteroatoms. The molecule has 0 radical (unpaired) electrons. The second-order valence-electron chi connectivity index (χ2n) is 3.55. The van der Waals surface area contributed by atoms with Gasteiger partial charge in [-0.15, -0.1) is 0 Å². The van der Waals surface area contributed by atoms with Crippen LogP contribution < -0.4 is 0 Å². The third kappa shape index (κ3) is 1.22. The molecule has 2 heterocycles. The number of aromatic nitrogens is 1. The molecule has 0 amide bonds. The van der Waals surface area contributed by atoms with E-state index < -0.39 is 0 Å². The first-order valence-corrected chi connectivity index (χ1v) is 6.67. The number of rotatable bonds is 0. The SMILES string of the molecule is Brc1cccc2c3c([nH]c12)CSCC3. The number of benzene rings is 1. The average molecular weight is 268 g/mol. The molecule has 1 aliphatic rings. The highest BCUT2D eigenvalue weighted by molar-refractivity contribution is 9.10. The van der Waals surface area contributed by atoms with E-state index in [1.54, 1.807) is 0 Å². The van der Waals surface area contributed by atoms with Crippen LogP contribution in [0, 0.1) is 0 Å². The molecular weight excluding hydrogens is 258 g/mol. The molecule has 0 fully saturated rings. The van der Waals surface area contributed by atoms with Gasteiger partial charge < -0.3 is 4.98 Å². The van der Waals surface area contributed by atoms with Gasteiger partial charge in [0.15, 0.2) is 0 Å². The number of thioether (sulfide) groups is 1. The summed E-state index contributed by atoms with van der Waals surface area (Å²) in [5.74, 6) is 2.39. The van der Waals surface area contributed by atoms with E-state index in [1.807, 2.05) is 11.8 Å². The van der Waals surface area contributed by atoms with Gasteiger partial charge in [0, 0.05) is 21.3 Å². The molecule has 0 unspecified atom stereocenters. The monoisotopic (exact) mass is 267 g/mol. The second kappa shape index (κ2) is 3.31. The van der Waals surface area contributed by atoms with Crippen molar-refractivity contribution in [1.82, 2.24) is 4.98 Å². The molecule has 72 valence electrons. The maximum atomic E-state index is 3.59. The summed E-state index contributed by atoms with van der Waals surface area (Å²) < 4.78 is 1.18. The van der Waals surface area contributed by atoms with Crippen LogP contribution in [-0.2, 0) is 12.2 Å². The lowest BCUT2D eigenvalue weighted by molar-refractivity contribution is 1.07. The van der Waals surface area contributed by atoms with Gasteiger partial charge in [0.1, 0.15) is 0 Å². The third-order valence-corrected chi connectivity index (χ3v) is 4.37. The molecule has 0 saturated heterocycles. The zero-order valence-corrected chi connectivity index (χ0v) is 10.0. The summed E-state index contributed by atoms with van der Waals surface area (Å²) >= 11 is 5.60. The number of nitrogens with one attached hydrogen (secondary N) is 1. The lowest BCUT2D eigenvalue weighted by atomic mass is 10.1. The Morgan fingerprint density at radius 1 is 1.36 bits per heavy atom. The summed E-state index contributed by atoms with van der Waals surface area (Å²) in [4.78, 5) is 3.52. The molecule has 0 spiro atoms. The smallest absolute Gasteiger partial charge is 0.0603 e. The minimum atomic E-state index is 1.14. The van der Waals surface area contributed by atoms with Gasteiger partial charge >= 0.3 is 0 Å². The lowest BCUT2D eigenvalue weighted by Crippen LogP contribution is -1.99. The molecule has 0 aliphatic carbocycles. The molecule has 1 aliphatic heterocycles. The van der Waals surface area contributed by atoms with Crippen molar-refractivity contribution in [3.63, 3.8) is 0 Å². The van der Waals surface area contributed by atoms with Crippen LogP contribution in [0.4, 0.5) is 0 Å². The molecule has 1 N–H and O–H groups in total. The van der Waals surface area contributed by atoms with Crippen LogP contribution in [0.2, 0.25) is 0 Å². The van der Waals surface area contributed by atoms with Gasteiger partial charge in [-0.1, -0.05) is 12.1 Å². The molecule has 0 saturated carbocycles. The maximum absolute atomic E-state index is 3.59. The van der Waals surface area contributed by atoms with Crippen molar-refractivity contribution in [1.29, 1.82) is 0 Å². The largest absolute Gasteiger partial charge is 0.357 e. The average Bonchev–Trinajstić information content (AvgIpc) is 2.59. The number of fused-ring (bicyclic) bond motifs is 3. The molecule has 3 rings (SSSR count). The van der Waals surface area contributed by atoms with Crippen LogP contribution in [0.5, 0.6) is 0 Å². The minimum Gasteiger partial charge on any atom is -0.357 e. The third-order valence-electron chi connectivity index (χ3n) is 2.72. The van der Waals surface area contributed by atoms with E-state index in [9.17, 15) is 0 Å². The second-order valence-corrected chi connectivity index (χ2v) is 5.51. The van der Waals surface area contributed by atoms with Gasteiger partial charge in [0.2, 0.25) is 0 Å². The predicted octanol–water partition coefficient (Wildman–Crippen LogP) is 3.72. The van der Waals surface area contributed by atoms with E-state index in [2.05, 4.69) is 39.1 Å². The zero-order valence-electron chi connectivity index (χ0n) is 7.64. The van der Waals surface area contributed by atoms with E-state index in [4.69, 9.17) is 0 Å². The van der Waals surface area contributed by atoms with Crippen molar-refractivity contribution < 1.29 is 0 Å². The van der Waals surface area contributed by atoms with E-state index in [1.165, 1.54) is 38.8 Å². The standard InChI is InChI=1S/C11H10BrNS/c12-9-3-1-2-8-7-4-5-14-6-10(7)13-11(8)9/h1-3,13H,4-6H2. The van der Waals surface area contributed by atoms with E-state index in [0.29, 0.717) is 0 Å². The Morgan fingerprint density at radius 2 is 2.29 bits per heavy atom. The Balaban J connectivity index is 2.36. The van der Waals surface area contributed by atoms with Gasteiger partial charge in [-0.05, 0) is 39.7 Å². The summed E-state index contributed by atoms with van der Waals surface area (Å²) in [7, 11) is 0. The molecule has 1 aromatic carbocycles. The summed E-state index contributed by atoms with van der Waals surface area (Å²) in [5, 5.41) is 1.40. The van der Waals surface area contributed by atoms with Gasteiger partial charge in [-0.3, -0.25) is 0 Å². The highest BCUT2D eigenvalue weighted by Gasteiger charge is 2.15. The number of hydrogen-bond donors (Lipinski definition) is 1. The first kappa shape index (κ1) is 8.86. The number of H-pyrrole nitrogens is 1. The quantitative estimate of drug-likeness (QED) is 0.770. The Kier molecular flexibility index (Phi) is 2.10. The fourth-order valence-electron chi connectivity index (χ4n) is 2.05. The van der Waals surface area contributed by atoms with Crippen molar-refractivity contribution in [2.75, 3.05) is 5.75 Å². The Bertz CT molecular complexity index is 489. The Hall–Kier alpha value is -0.410. The first-order chi connectivity index (χ1) is 6.86. The van der Waals surface area contributed by atoms with Crippen molar-refractivity contribution in [2.24, 2.45) is 0 Å². The number of aromatic amines is 1. The van der Waals surface area contributed by atoms with Crippen LogP contribution in [0.3, 0.4) is 0 Å². The van der Waals surface area contributed by atoms with E-state index in [0.717, 1.165) is 5.75 Å². The number of halogens is 1. The van der Waals surface area contributed by atoms with E-state index >= 15 is 0 Å². The minimum absolute atomic E-state index is 1.14. The van der Waals surface area contributed by atoms with Gasteiger partial charge in [-0.2, -0.15) is 11.8 Å². The normalized spacial score (nSPS) is 15.8. The zero-order chi connectivity index (χ0) is 9.54. The van der Waals surface area contributed by atoms with E-state index in [-0.39, 0.29) is 0 Å². The highest BCUT2D eigenvalue weighted by atomic mass is 79.9. The molecule has 1 aromatic heterocycles. The van der Waals surface area contributed by atoms with Crippen molar-refractivity contribution in [3.8, 4) is 0 Å². The van der Waals surface area contributed by atoms with Crippen LogP contribution in [0.1, 0.15) is 11.3 Å². The predicted molar refractivity (Wildman–Crippen MR) is 65.9 cm³/mol. The molecule has 0 bridgehead atoms. The van der Waals surface area contributed by atoms with Crippen LogP contribution in [0.15, 0.2) is 22.7 Å². The summed E-state index contributed by atoms with van der Waals surface area (Å²) in [6, 6.07) is 6.42. The van der Waals surface area contributed by atoms with Gasteiger partial charge in [-0.25, -0.2) is 0 Å². The number of para-hydroxylation sites is 1. The summed E-state index contributed by atoms with van der Waals surface area (Å²) in [5.41, 5.74) is 4.21. The van der Waals surface area contributed by atoms with Crippen molar-refractivity contribution in [3.05, 3.63) is 33.9 Å². The van der Waals surface area contributed by atoms with Gasteiger partial charge in [0.25, 0.3) is 0 Å². The lowest BCUT2D eigenvalue weighted by Gasteiger charge is -2.09. The summed E-state index contributed by atoms with van der Waals surface area (Å²) in [6.07, 6.45) is 1.20. The van der Waals surface area contributed by atoms with Crippen molar-refractivity contribution >= 4 is 38.6 Å². The fourth-order valence-corrected chi connectivity index (χ4v) is 3.46. The molecule has 0 atom stereocenters. The first-order valence-electron chi connectivity index (χ1n) is 4.72.